The van der Waals surface area contributed by atoms with E-state index in [1.807, 2.05) is 18.2 Å². The van der Waals surface area contributed by atoms with Gasteiger partial charge in [0.15, 0.2) is 5.78 Å². The molecule has 0 saturated carbocycles. The predicted octanol–water partition coefficient (Wildman–Crippen LogP) is 4.77. The van der Waals surface area contributed by atoms with E-state index in [-0.39, 0.29) is 11.5 Å². The molecule has 0 aliphatic carbocycles. The number of Topliss-reactive ketones (excluding diaryl/α,β-unsaturated/α-hetero) is 1. The van der Waals surface area contributed by atoms with Crippen LogP contribution in [0.5, 0.6) is 5.75 Å². The van der Waals surface area contributed by atoms with Crippen LogP contribution >= 0.6 is 11.8 Å². The molecule has 1 aromatic heterocycles. The van der Waals surface area contributed by atoms with Crippen molar-refractivity contribution >= 4 is 28.5 Å². The van der Waals surface area contributed by atoms with Crippen LogP contribution in [0, 0.1) is 0 Å². The number of phenols is 1. The first kappa shape index (κ1) is 14.7. The maximum Gasteiger partial charge on any atom is 0.163 e. The summed E-state index contributed by atoms with van der Waals surface area (Å²) >= 11 is 1.70. The summed E-state index contributed by atoms with van der Waals surface area (Å²) in [4.78, 5) is 11.9. The molecular formula is C18H16O3S. The minimum Gasteiger partial charge on any atom is -0.508 e. The van der Waals surface area contributed by atoms with Crippen LogP contribution in [0.3, 0.4) is 0 Å². The monoisotopic (exact) mass is 312 g/mol. The van der Waals surface area contributed by atoms with E-state index >= 15 is 0 Å². The lowest BCUT2D eigenvalue weighted by Crippen LogP contribution is -1.95. The van der Waals surface area contributed by atoms with Gasteiger partial charge >= 0.3 is 0 Å². The SMILES string of the molecule is CC(=O)c1c(CSCc2ccccc2)oc2ccc(O)cc12. The molecule has 0 aliphatic rings. The Balaban J connectivity index is 1.84. The van der Waals surface area contributed by atoms with Crippen LogP contribution in [0.1, 0.15) is 28.6 Å². The fourth-order valence-electron chi connectivity index (χ4n) is 2.46. The lowest BCUT2D eigenvalue weighted by atomic mass is 10.1. The van der Waals surface area contributed by atoms with E-state index in [9.17, 15) is 9.90 Å². The summed E-state index contributed by atoms with van der Waals surface area (Å²) in [6, 6.07) is 15.0. The summed E-state index contributed by atoms with van der Waals surface area (Å²) in [7, 11) is 0. The Labute approximate surface area is 133 Å². The lowest BCUT2D eigenvalue weighted by molar-refractivity contribution is 0.101. The molecule has 3 nitrogen and oxygen atoms in total. The number of ketones is 1. The van der Waals surface area contributed by atoms with Crippen LogP contribution in [-0.2, 0) is 11.5 Å². The number of hydrogen-bond donors (Lipinski definition) is 1. The largest absolute Gasteiger partial charge is 0.508 e. The fourth-order valence-corrected chi connectivity index (χ4v) is 3.38. The number of carbonyl (C=O) groups excluding carboxylic acids is 1. The van der Waals surface area contributed by atoms with Crippen LogP contribution in [0.4, 0.5) is 0 Å². The Morgan fingerprint density at radius 2 is 1.91 bits per heavy atom. The first-order valence-electron chi connectivity index (χ1n) is 7.02. The second-order valence-electron chi connectivity index (χ2n) is 5.12. The van der Waals surface area contributed by atoms with Crippen LogP contribution in [0.15, 0.2) is 52.9 Å². The molecule has 0 aliphatic heterocycles. The van der Waals surface area contributed by atoms with Crippen molar-refractivity contribution < 1.29 is 14.3 Å². The van der Waals surface area contributed by atoms with Gasteiger partial charge in [-0.25, -0.2) is 0 Å². The van der Waals surface area contributed by atoms with Crippen molar-refractivity contribution in [3.63, 3.8) is 0 Å². The van der Waals surface area contributed by atoms with E-state index < -0.39 is 0 Å². The lowest BCUT2D eigenvalue weighted by Gasteiger charge is -2.01. The molecule has 3 aromatic rings. The van der Waals surface area contributed by atoms with E-state index in [2.05, 4.69) is 12.1 Å². The van der Waals surface area contributed by atoms with E-state index in [4.69, 9.17) is 4.42 Å². The van der Waals surface area contributed by atoms with Gasteiger partial charge in [-0.2, -0.15) is 0 Å². The second-order valence-corrected chi connectivity index (χ2v) is 6.10. The third-order valence-electron chi connectivity index (χ3n) is 3.44. The molecule has 4 heteroatoms. The number of fused-ring (bicyclic) bond motifs is 1. The molecular weight excluding hydrogens is 296 g/mol. The van der Waals surface area contributed by atoms with Crippen molar-refractivity contribution in [2.45, 2.75) is 18.4 Å². The highest BCUT2D eigenvalue weighted by Gasteiger charge is 2.18. The second kappa shape index (κ2) is 6.28. The van der Waals surface area contributed by atoms with E-state index in [0.29, 0.717) is 28.0 Å². The Kier molecular flexibility index (Phi) is 4.20. The van der Waals surface area contributed by atoms with Crippen molar-refractivity contribution in [1.82, 2.24) is 0 Å². The molecule has 112 valence electrons. The summed E-state index contributed by atoms with van der Waals surface area (Å²) < 4.78 is 5.80. The minimum absolute atomic E-state index is 0.0420. The quantitative estimate of drug-likeness (QED) is 0.689. The highest BCUT2D eigenvalue weighted by molar-refractivity contribution is 7.97. The molecule has 0 unspecified atom stereocenters. The van der Waals surface area contributed by atoms with Gasteiger partial charge in [-0.3, -0.25) is 4.79 Å². The number of furan rings is 1. The zero-order chi connectivity index (χ0) is 15.5. The molecule has 2 aromatic carbocycles. The van der Waals surface area contributed by atoms with Crippen molar-refractivity contribution in [2.75, 3.05) is 0 Å². The Morgan fingerprint density at radius 3 is 2.64 bits per heavy atom. The predicted molar refractivity (Wildman–Crippen MR) is 89.3 cm³/mol. The van der Waals surface area contributed by atoms with Crippen LogP contribution in [-0.4, -0.2) is 10.9 Å². The summed E-state index contributed by atoms with van der Waals surface area (Å²) in [5, 5.41) is 10.3. The fraction of sp³-hybridized carbons (Fsp3) is 0.167. The van der Waals surface area contributed by atoms with E-state index in [1.165, 1.54) is 12.5 Å². The Hall–Kier alpha value is -2.20. The molecule has 0 amide bonds. The van der Waals surface area contributed by atoms with Crippen molar-refractivity contribution in [3.8, 4) is 5.75 Å². The highest BCUT2D eigenvalue weighted by atomic mass is 32.2. The highest BCUT2D eigenvalue weighted by Crippen LogP contribution is 2.32. The zero-order valence-electron chi connectivity index (χ0n) is 12.2. The van der Waals surface area contributed by atoms with Gasteiger partial charge in [0.2, 0.25) is 0 Å². The van der Waals surface area contributed by atoms with Gasteiger partial charge in [0.1, 0.15) is 17.1 Å². The van der Waals surface area contributed by atoms with Gasteiger partial charge in [0, 0.05) is 11.1 Å². The van der Waals surface area contributed by atoms with Gasteiger partial charge in [0.05, 0.1) is 11.3 Å². The Bertz CT molecular complexity index is 806. The Morgan fingerprint density at radius 1 is 1.14 bits per heavy atom. The van der Waals surface area contributed by atoms with Gasteiger partial charge in [-0.1, -0.05) is 30.3 Å². The minimum atomic E-state index is -0.0420. The number of rotatable bonds is 5. The van der Waals surface area contributed by atoms with Crippen LogP contribution in [0.2, 0.25) is 0 Å². The molecule has 1 heterocycles. The molecule has 0 atom stereocenters. The molecule has 0 spiro atoms. The standard InChI is InChI=1S/C18H16O3S/c1-12(19)18-15-9-14(20)7-8-16(15)21-17(18)11-22-10-13-5-3-2-4-6-13/h2-9,20H,10-11H2,1H3. The van der Waals surface area contributed by atoms with Crippen molar-refractivity contribution in [1.29, 1.82) is 0 Å². The molecule has 3 rings (SSSR count). The number of carbonyl (C=O) groups is 1. The average molecular weight is 312 g/mol. The molecule has 1 N–H and O–H groups in total. The summed E-state index contributed by atoms with van der Waals surface area (Å²) in [6.07, 6.45) is 0. The average Bonchev–Trinajstić information content (AvgIpc) is 2.86. The third kappa shape index (κ3) is 3.02. The van der Waals surface area contributed by atoms with Gasteiger partial charge < -0.3 is 9.52 Å². The molecule has 0 radical (unpaired) electrons. The van der Waals surface area contributed by atoms with E-state index in [1.54, 1.807) is 30.0 Å². The molecule has 0 saturated heterocycles. The van der Waals surface area contributed by atoms with Crippen molar-refractivity contribution in [2.24, 2.45) is 0 Å². The van der Waals surface area contributed by atoms with Crippen LogP contribution in [0.25, 0.3) is 11.0 Å². The first-order chi connectivity index (χ1) is 10.6. The zero-order valence-corrected chi connectivity index (χ0v) is 13.0. The first-order valence-corrected chi connectivity index (χ1v) is 8.17. The third-order valence-corrected chi connectivity index (χ3v) is 4.45. The topological polar surface area (TPSA) is 50.4 Å². The maximum absolute atomic E-state index is 11.9. The number of benzene rings is 2. The van der Waals surface area contributed by atoms with Crippen LogP contribution < -0.4 is 0 Å². The van der Waals surface area contributed by atoms with Gasteiger partial charge in [0.25, 0.3) is 0 Å². The molecule has 22 heavy (non-hydrogen) atoms. The van der Waals surface area contributed by atoms with Gasteiger partial charge in [-0.15, -0.1) is 11.8 Å². The molecule has 0 bridgehead atoms. The van der Waals surface area contributed by atoms with Gasteiger partial charge in [-0.05, 0) is 30.7 Å². The number of aromatic hydroxyl groups is 1. The van der Waals surface area contributed by atoms with E-state index in [0.717, 1.165) is 5.75 Å². The number of thioether (sulfide) groups is 1. The summed E-state index contributed by atoms with van der Waals surface area (Å²) in [6.45, 7) is 1.53. The number of hydrogen-bond acceptors (Lipinski definition) is 4. The summed E-state index contributed by atoms with van der Waals surface area (Å²) in [5.41, 5.74) is 2.45. The molecule has 0 fully saturated rings. The smallest absolute Gasteiger partial charge is 0.163 e. The number of phenolic OH excluding ortho intramolecular Hbond substituents is 1. The maximum atomic E-state index is 11.9. The van der Waals surface area contributed by atoms with Crippen molar-refractivity contribution in [3.05, 3.63) is 65.4 Å². The normalized spacial score (nSPS) is 11.0. The summed E-state index contributed by atoms with van der Waals surface area (Å²) in [5.74, 6) is 2.26.